The maximum Gasteiger partial charge on any atom is 0.315 e. The van der Waals surface area contributed by atoms with Gasteiger partial charge in [0.25, 0.3) is 0 Å². The number of aliphatic hydroxyl groups is 1. The van der Waals surface area contributed by atoms with Gasteiger partial charge in [-0.15, -0.1) is 0 Å². The maximum absolute atomic E-state index is 14.4. The number of urea groups is 1. The lowest BCUT2D eigenvalue weighted by Crippen LogP contribution is -2.56. The van der Waals surface area contributed by atoms with Crippen LogP contribution in [-0.4, -0.2) is 54.7 Å². The first-order valence-electron chi connectivity index (χ1n) is 14.0. The van der Waals surface area contributed by atoms with Gasteiger partial charge in [0, 0.05) is 39.0 Å². The second-order valence-corrected chi connectivity index (χ2v) is 10.2. The van der Waals surface area contributed by atoms with Crippen molar-refractivity contribution in [1.29, 1.82) is 0 Å². The molecule has 11 heteroatoms. The Balaban J connectivity index is 2.18. The zero-order chi connectivity index (χ0) is 30.4. The average molecular weight is 583 g/mol. The van der Waals surface area contributed by atoms with E-state index in [-0.39, 0.29) is 31.4 Å². The van der Waals surface area contributed by atoms with Crippen molar-refractivity contribution in [1.82, 2.24) is 21.3 Å². The molecule has 0 saturated heterocycles. The molecule has 0 bridgehead atoms. The van der Waals surface area contributed by atoms with Crippen LogP contribution in [0.15, 0.2) is 42.5 Å². The predicted molar refractivity (Wildman–Crippen MR) is 151 cm³/mol. The molecule has 0 unspecified atom stereocenters. The Morgan fingerprint density at radius 1 is 0.951 bits per heavy atom. The number of aliphatic hydroxyl groups excluding tert-OH is 1. The number of nitrogens with one attached hydrogen (secondary N) is 4. The third kappa shape index (κ3) is 12.5. The highest BCUT2D eigenvalue weighted by atomic mass is 19.3. The van der Waals surface area contributed by atoms with Crippen molar-refractivity contribution >= 4 is 11.9 Å². The van der Waals surface area contributed by atoms with Gasteiger partial charge in [-0.3, -0.25) is 4.79 Å². The summed E-state index contributed by atoms with van der Waals surface area (Å²) in [6.45, 7) is 4.28. The number of amides is 3. The third-order valence-corrected chi connectivity index (χ3v) is 6.80. The van der Waals surface area contributed by atoms with Crippen molar-refractivity contribution in [2.24, 2.45) is 0 Å². The molecule has 0 saturated carbocycles. The topological polar surface area (TPSA) is 102 Å². The molecule has 2 rings (SSSR count). The third-order valence-electron chi connectivity index (χ3n) is 6.80. The molecule has 2 aromatic rings. The van der Waals surface area contributed by atoms with E-state index in [1.165, 1.54) is 7.05 Å². The van der Waals surface area contributed by atoms with Crippen molar-refractivity contribution in [2.75, 3.05) is 13.6 Å². The fourth-order valence-corrected chi connectivity index (χ4v) is 4.43. The van der Waals surface area contributed by atoms with Gasteiger partial charge in [-0.05, 0) is 54.5 Å². The number of aryl methyl sites for hydroxylation is 1. The van der Waals surface area contributed by atoms with Crippen LogP contribution in [0.4, 0.5) is 22.4 Å². The first kappa shape index (κ1) is 34.0. The van der Waals surface area contributed by atoms with Crippen molar-refractivity contribution < 1.29 is 32.3 Å². The predicted octanol–water partition coefficient (Wildman–Crippen LogP) is 4.61. The Morgan fingerprint density at radius 3 is 2.27 bits per heavy atom. The van der Waals surface area contributed by atoms with Crippen molar-refractivity contribution in [3.05, 3.63) is 70.8 Å². The fraction of sp³-hybridized carbons (Fsp3) is 0.533. The lowest BCUT2D eigenvalue weighted by molar-refractivity contribution is -0.125. The molecule has 0 aliphatic rings. The number of benzene rings is 2. The number of carbonyl (C=O) groups excluding carboxylic acids is 2. The Morgan fingerprint density at radius 2 is 1.63 bits per heavy atom. The van der Waals surface area contributed by atoms with Crippen LogP contribution in [0.25, 0.3) is 0 Å². The first-order valence-corrected chi connectivity index (χ1v) is 14.0. The normalized spacial score (nSPS) is 13.8. The summed E-state index contributed by atoms with van der Waals surface area (Å²) in [5.41, 5.74) is 2.32. The Labute approximate surface area is 239 Å². The molecule has 5 N–H and O–H groups in total. The van der Waals surface area contributed by atoms with Crippen LogP contribution in [-0.2, 0) is 24.2 Å². The second kappa shape index (κ2) is 16.9. The average Bonchev–Trinajstić information content (AvgIpc) is 2.93. The number of halogens is 4. The Hall–Kier alpha value is -3.18. The van der Waals surface area contributed by atoms with Crippen molar-refractivity contribution in [2.45, 2.75) is 89.4 Å². The smallest absolute Gasteiger partial charge is 0.315 e. The van der Waals surface area contributed by atoms with E-state index in [1.54, 1.807) is 6.92 Å². The number of alkyl halides is 2. The minimum Gasteiger partial charge on any atom is -0.390 e. The van der Waals surface area contributed by atoms with Gasteiger partial charge in [0.1, 0.15) is 17.7 Å². The summed E-state index contributed by atoms with van der Waals surface area (Å²) < 4.78 is 56.5. The van der Waals surface area contributed by atoms with E-state index in [0.29, 0.717) is 25.5 Å². The van der Waals surface area contributed by atoms with Gasteiger partial charge in [-0.2, -0.15) is 0 Å². The largest absolute Gasteiger partial charge is 0.390 e. The summed E-state index contributed by atoms with van der Waals surface area (Å²) in [4.78, 5) is 25.3. The van der Waals surface area contributed by atoms with Crippen LogP contribution in [0.2, 0.25) is 0 Å². The van der Waals surface area contributed by atoms with Gasteiger partial charge in [0.15, 0.2) is 0 Å². The number of hydrogen-bond donors (Lipinski definition) is 5. The summed E-state index contributed by atoms with van der Waals surface area (Å²) in [5, 5.41) is 21.4. The van der Waals surface area contributed by atoms with Crippen LogP contribution in [0, 0.1) is 11.6 Å². The van der Waals surface area contributed by atoms with Crippen LogP contribution < -0.4 is 21.3 Å². The summed E-state index contributed by atoms with van der Waals surface area (Å²) in [6, 6.07) is 7.67. The molecule has 3 amide bonds. The van der Waals surface area contributed by atoms with Crippen LogP contribution in [0.3, 0.4) is 0 Å². The van der Waals surface area contributed by atoms with Gasteiger partial charge in [-0.1, -0.05) is 44.5 Å². The van der Waals surface area contributed by atoms with Gasteiger partial charge in [0.2, 0.25) is 11.8 Å². The molecule has 41 heavy (non-hydrogen) atoms. The zero-order valence-corrected chi connectivity index (χ0v) is 23.9. The summed E-state index contributed by atoms with van der Waals surface area (Å²) in [7, 11) is 1.33. The first-order chi connectivity index (χ1) is 19.5. The highest BCUT2D eigenvalue weighted by molar-refractivity contribution is 5.87. The van der Waals surface area contributed by atoms with Crippen LogP contribution in [0.5, 0.6) is 0 Å². The number of rotatable bonds is 17. The number of carbonyl (C=O) groups is 2. The maximum atomic E-state index is 14.4. The van der Waals surface area contributed by atoms with E-state index in [9.17, 15) is 32.3 Å². The molecular formula is C30H42F4N4O3. The highest BCUT2D eigenvalue weighted by Crippen LogP contribution is 2.27. The van der Waals surface area contributed by atoms with E-state index in [0.717, 1.165) is 29.7 Å². The second-order valence-electron chi connectivity index (χ2n) is 10.2. The number of hydrogen-bond acceptors (Lipinski definition) is 4. The molecule has 0 heterocycles. The molecular weight excluding hydrogens is 540 g/mol. The van der Waals surface area contributed by atoms with E-state index >= 15 is 0 Å². The molecule has 0 spiro atoms. The minimum absolute atomic E-state index is 0.0156. The zero-order valence-electron chi connectivity index (χ0n) is 23.9. The SMILES string of the molecule is CCCCC(F)(F)CC[C@@H](NC(=O)NC)C(=O)N[C@@H](Cc1cc(F)cc(F)c1)[C@@H](O)CNCc1cccc(CC)c1. The Bertz CT molecular complexity index is 1100. The Kier molecular flexibility index (Phi) is 14.1. The summed E-state index contributed by atoms with van der Waals surface area (Å²) >= 11 is 0. The molecule has 7 nitrogen and oxygen atoms in total. The monoisotopic (exact) mass is 582 g/mol. The van der Waals surface area contributed by atoms with E-state index in [1.807, 2.05) is 31.2 Å². The lowest BCUT2D eigenvalue weighted by atomic mass is 9.98. The lowest BCUT2D eigenvalue weighted by Gasteiger charge is -2.28. The summed E-state index contributed by atoms with van der Waals surface area (Å²) in [6.07, 6.45) is -0.897. The van der Waals surface area contributed by atoms with Crippen LogP contribution in [0.1, 0.15) is 62.6 Å². The van der Waals surface area contributed by atoms with Gasteiger partial charge in [0.05, 0.1) is 12.1 Å². The van der Waals surface area contributed by atoms with E-state index < -0.39 is 54.1 Å². The molecule has 0 aromatic heterocycles. The molecule has 3 atom stereocenters. The molecule has 228 valence electrons. The fourth-order valence-electron chi connectivity index (χ4n) is 4.43. The molecule has 2 aromatic carbocycles. The highest BCUT2D eigenvalue weighted by Gasteiger charge is 2.33. The van der Waals surface area contributed by atoms with Gasteiger partial charge in [-0.25, -0.2) is 22.4 Å². The van der Waals surface area contributed by atoms with Gasteiger partial charge < -0.3 is 26.4 Å². The quantitative estimate of drug-likeness (QED) is 0.176. The van der Waals surface area contributed by atoms with Crippen molar-refractivity contribution in [3.8, 4) is 0 Å². The van der Waals surface area contributed by atoms with Crippen molar-refractivity contribution in [3.63, 3.8) is 0 Å². The van der Waals surface area contributed by atoms with Crippen LogP contribution >= 0.6 is 0 Å². The number of unbranched alkanes of at least 4 members (excludes halogenated alkanes) is 1. The molecule has 0 fully saturated rings. The van der Waals surface area contributed by atoms with E-state index in [2.05, 4.69) is 21.3 Å². The van der Waals surface area contributed by atoms with Gasteiger partial charge >= 0.3 is 6.03 Å². The molecule has 0 radical (unpaired) electrons. The molecule has 0 aliphatic carbocycles. The standard InChI is InChI=1S/C30H42F4N4O3/c1-4-6-11-30(33,34)12-10-25(38-29(41)35-3)28(40)37-26(16-22-14-23(31)17-24(32)15-22)27(39)19-36-18-21-9-7-8-20(5-2)13-21/h7-9,13-15,17,25-27,36,39H,4-6,10-12,16,18-19H2,1-3H3,(H,37,40)(H2,35,38,41)/t25-,26+,27+/m1/s1. The van der Waals surface area contributed by atoms with E-state index in [4.69, 9.17) is 0 Å². The molecule has 0 aliphatic heterocycles. The summed E-state index contributed by atoms with van der Waals surface area (Å²) in [5.74, 6) is -5.45. The minimum atomic E-state index is -3.02.